The minimum atomic E-state index is -0.754. The fraction of sp³-hybridized carbons (Fsp3) is 0.167. The average Bonchev–Trinajstić information content (AvgIpc) is 3.15. The Morgan fingerprint density at radius 2 is 2.40 bits per heavy atom. The molecule has 0 bridgehead atoms. The number of rotatable bonds is 5. The molecule has 2 aromatic rings. The molecule has 1 aliphatic heterocycles. The van der Waals surface area contributed by atoms with Crippen LogP contribution in [0, 0.1) is 12.3 Å². The summed E-state index contributed by atoms with van der Waals surface area (Å²) in [4.78, 5) is 31.9. The number of ketones is 1. The van der Waals surface area contributed by atoms with Gasteiger partial charge in [0.1, 0.15) is 5.65 Å². The number of aromatic amines is 1. The van der Waals surface area contributed by atoms with E-state index in [1.165, 1.54) is 0 Å². The minimum Gasteiger partial charge on any atom is -0.462 e. The monoisotopic (exact) mass is 337 g/mol. The van der Waals surface area contributed by atoms with Crippen molar-refractivity contribution in [3.05, 3.63) is 47.3 Å². The molecule has 7 nitrogen and oxygen atoms in total. The highest BCUT2D eigenvalue weighted by molar-refractivity contribution is 6.26. The van der Waals surface area contributed by atoms with Crippen molar-refractivity contribution in [2.45, 2.75) is 6.92 Å². The van der Waals surface area contributed by atoms with Crippen LogP contribution in [0.5, 0.6) is 0 Å². The maximum Gasteiger partial charge on any atom is 0.347 e. The summed E-state index contributed by atoms with van der Waals surface area (Å²) in [5.74, 6) is 1.06. The third-order valence-corrected chi connectivity index (χ3v) is 3.49. The highest BCUT2D eigenvalue weighted by Gasteiger charge is 2.36. The molecule has 126 valence electrons. The standard InChI is InChI=1S/C18H15N3O4/c1-3-7-20-17-14(18(23)24-4-2)15(22)13(25-17)9-11-10-21-16-12(11)6-5-8-19-16/h1,5-6,8-10,20H,4,7H2,2H3,(H,19,21)/b13-9-. The number of nitrogens with one attached hydrogen (secondary N) is 2. The highest BCUT2D eigenvalue weighted by atomic mass is 16.5. The molecule has 0 atom stereocenters. The summed E-state index contributed by atoms with van der Waals surface area (Å²) in [6.45, 7) is 1.91. The predicted octanol–water partition coefficient (Wildman–Crippen LogP) is 1.50. The van der Waals surface area contributed by atoms with Gasteiger partial charge in [0, 0.05) is 23.3 Å². The Labute approximate surface area is 143 Å². The molecule has 0 aliphatic carbocycles. The molecule has 0 amide bonds. The van der Waals surface area contributed by atoms with Crippen LogP contribution in [-0.2, 0) is 19.1 Å². The molecule has 25 heavy (non-hydrogen) atoms. The van der Waals surface area contributed by atoms with Crippen LogP contribution < -0.4 is 5.32 Å². The number of ether oxygens (including phenoxy) is 2. The largest absolute Gasteiger partial charge is 0.462 e. The summed E-state index contributed by atoms with van der Waals surface area (Å²) >= 11 is 0. The number of carbonyl (C=O) groups is 2. The Morgan fingerprint density at radius 1 is 1.56 bits per heavy atom. The van der Waals surface area contributed by atoms with Gasteiger partial charge in [0.25, 0.3) is 0 Å². The van der Waals surface area contributed by atoms with E-state index in [1.54, 1.807) is 31.5 Å². The molecular weight excluding hydrogens is 322 g/mol. The van der Waals surface area contributed by atoms with Gasteiger partial charge in [-0.2, -0.15) is 0 Å². The summed E-state index contributed by atoms with van der Waals surface area (Å²) < 4.78 is 10.5. The third kappa shape index (κ3) is 3.10. The van der Waals surface area contributed by atoms with Crippen LogP contribution >= 0.6 is 0 Å². The Balaban J connectivity index is 1.96. The second-order valence-electron chi connectivity index (χ2n) is 5.07. The molecule has 0 unspecified atom stereocenters. The van der Waals surface area contributed by atoms with Gasteiger partial charge in [-0.05, 0) is 25.1 Å². The van der Waals surface area contributed by atoms with E-state index in [2.05, 4.69) is 21.2 Å². The average molecular weight is 337 g/mol. The van der Waals surface area contributed by atoms with Crippen molar-refractivity contribution in [3.8, 4) is 12.3 Å². The number of hydrogen-bond acceptors (Lipinski definition) is 6. The first-order valence-electron chi connectivity index (χ1n) is 7.60. The smallest absolute Gasteiger partial charge is 0.347 e. The number of carbonyl (C=O) groups excluding carboxylic acids is 2. The maximum absolute atomic E-state index is 12.6. The van der Waals surface area contributed by atoms with Gasteiger partial charge in [-0.3, -0.25) is 4.79 Å². The zero-order valence-corrected chi connectivity index (χ0v) is 13.5. The van der Waals surface area contributed by atoms with Crippen molar-refractivity contribution in [2.24, 2.45) is 0 Å². The topological polar surface area (TPSA) is 93.3 Å². The number of terminal acetylenes is 1. The zero-order chi connectivity index (χ0) is 17.8. The lowest BCUT2D eigenvalue weighted by molar-refractivity contribution is -0.139. The molecule has 3 rings (SSSR count). The van der Waals surface area contributed by atoms with Gasteiger partial charge >= 0.3 is 5.97 Å². The molecule has 7 heteroatoms. The lowest BCUT2D eigenvalue weighted by atomic mass is 10.1. The molecule has 0 fully saturated rings. The van der Waals surface area contributed by atoms with Crippen LogP contribution in [0.1, 0.15) is 12.5 Å². The van der Waals surface area contributed by atoms with Gasteiger partial charge in [-0.1, -0.05) is 5.92 Å². The first kappa shape index (κ1) is 16.3. The molecule has 0 aromatic carbocycles. The lowest BCUT2D eigenvalue weighted by Gasteiger charge is -2.05. The number of aromatic nitrogens is 2. The number of H-pyrrole nitrogens is 1. The molecular formula is C18H15N3O4. The number of allylic oxidation sites excluding steroid dienone is 1. The normalized spacial score (nSPS) is 15.4. The number of fused-ring (bicyclic) bond motifs is 1. The number of Topliss-reactive ketones (excluding diaryl/α,β-unsaturated/α-hetero) is 1. The second kappa shape index (κ2) is 6.93. The highest BCUT2D eigenvalue weighted by Crippen LogP contribution is 2.28. The van der Waals surface area contributed by atoms with E-state index >= 15 is 0 Å². The third-order valence-electron chi connectivity index (χ3n) is 3.49. The SMILES string of the molecule is C#CCNC1=C(C(=O)OCC)C(=O)/C(=C/c2c[nH]c3ncccc23)O1. The number of hydrogen-bond donors (Lipinski definition) is 2. The number of esters is 1. The van der Waals surface area contributed by atoms with Crippen molar-refractivity contribution in [3.63, 3.8) is 0 Å². The van der Waals surface area contributed by atoms with Crippen molar-refractivity contribution >= 4 is 28.9 Å². The molecule has 2 aromatic heterocycles. The van der Waals surface area contributed by atoms with E-state index in [0.717, 1.165) is 5.39 Å². The van der Waals surface area contributed by atoms with Crippen LogP contribution in [-0.4, -0.2) is 34.9 Å². The first-order chi connectivity index (χ1) is 12.2. The van der Waals surface area contributed by atoms with E-state index in [9.17, 15) is 9.59 Å². The molecule has 3 heterocycles. The van der Waals surface area contributed by atoms with E-state index < -0.39 is 11.8 Å². The fourth-order valence-corrected chi connectivity index (χ4v) is 2.41. The lowest BCUT2D eigenvalue weighted by Crippen LogP contribution is -2.20. The summed E-state index contributed by atoms with van der Waals surface area (Å²) in [7, 11) is 0. The maximum atomic E-state index is 12.6. The van der Waals surface area contributed by atoms with E-state index in [-0.39, 0.29) is 30.4 Å². The molecule has 0 spiro atoms. The van der Waals surface area contributed by atoms with Crippen molar-refractivity contribution in [2.75, 3.05) is 13.2 Å². The van der Waals surface area contributed by atoms with Crippen molar-refractivity contribution in [1.82, 2.24) is 15.3 Å². The Kier molecular flexibility index (Phi) is 4.53. The number of nitrogens with zero attached hydrogens (tertiary/aromatic N) is 1. The Hall–Kier alpha value is -3.53. The van der Waals surface area contributed by atoms with Crippen LogP contribution in [0.25, 0.3) is 17.1 Å². The molecule has 0 saturated carbocycles. The van der Waals surface area contributed by atoms with Crippen molar-refractivity contribution < 1.29 is 19.1 Å². The molecule has 0 saturated heterocycles. The Bertz CT molecular complexity index is 947. The predicted molar refractivity (Wildman–Crippen MR) is 90.7 cm³/mol. The van der Waals surface area contributed by atoms with Gasteiger partial charge in [-0.15, -0.1) is 6.42 Å². The van der Waals surface area contributed by atoms with E-state index in [1.807, 2.05) is 6.07 Å². The molecule has 2 N–H and O–H groups in total. The van der Waals surface area contributed by atoms with Crippen LogP contribution in [0.15, 0.2) is 41.7 Å². The summed E-state index contributed by atoms with van der Waals surface area (Å²) in [6.07, 6.45) is 10.1. The van der Waals surface area contributed by atoms with Gasteiger partial charge in [0.05, 0.1) is 13.2 Å². The van der Waals surface area contributed by atoms with E-state index in [0.29, 0.717) is 11.2 Å². The van der Waals surface area contributed by atoms with Gasteiger partial charge < -0.3 is 19.8 Å². The van der Waals surface area contributed by atoms with Gasteiger partial charge in [0.2, 0.25) is 11.7 Å². The first-order valence-corrected chi connectivity index (χ1v) is 7.60. The summed E-state index contributed by atoms with van der Waals surface area (Å²) in [6, 6.07) is 3.65. The van der Waals surface area contributed by atoms with Crippen LogP contribution in [0.2, 0.25) is 0 Å². The van der Waals surface area contributed by atoms with Gasteiger partial charge in [-0.25, -0.2) is 9.78 Å². The summed E-state index contributed by atoms with van der Waals surface area (Å²) in [5.41, 5.74) is 1.21. The molecule has 0 radical (unpaired) electrons. The van der Waals surface area contributed by atoms with E-state index in [4.69, 9.17) is 15.9 Å². The Morgan fingerprint density at radius 3 is 3.16 bits per heavy atom. The van der Waals surface area contributed by atoms with Gasteiger partial charge in [0.15, 0.2) is 11.3 Å². The van der Waals surface area contributed by atoms with Crippen molar-refractivity contribution in [1.29, 1.82) is 0 Å². The fourth-order valence-electron chi connectivity index (χ4n) is 2.41. The summed E-state index contributed by atoms with van der Waals surface area (Å²) in [5, 5.41) is 3.56. The number of pyridine rings is 1. The van der Waals surface area contributed by atoms with Crippen LogP contribution in [0.4, 0.5) is 0 Å². The second-order valence-corrected chi connectivity index (χ2v) is 5.07. The minimum absolute atomic E-state index is 0.00520. The quantitative estimate of drug-likeness (QED) is 0.372. The zero-order valence-electron chi connectivity index (χ0n) is 13.5. The van der Waals surface area contributed by atoms with Crippen LogP contribution in [0.3, 0.4) is 0 Å². The molecule has 1 aliphatic rings.